The van der Waals surface area contributed by atoms with Crippen LogP contribution in [0.15, 0.2) is 81.1 Å². The van der Waals surface area contributed by atoms with Crippen molar-refractivity contribution in [2.75, 3.05) is 12.8 Å². The number of aryl methyl sites for hydroxylation is 2. The maximum atomic E-state index is 5.66. The highest BCUT2D eigenvalue weighted by Crippen LogP contribution is 2.33. The lowest BCUT2D eigenvalue weighted by molar-refractivity contribution is 0.412. The van der Waals surface area contributed by atoms with Crippen LogP contribution < -0.4 is 10.5 Å². The topological polar surface area (TPSA) is 84.7 Å². The highest BCUT2D eigenvalue weighted by Gasteiger charge is 2.06. The molecule has 0 spiro atoms. The molecule has 0 amide bonds. The van der Waals surface area contributed by atoms with Gasteiger partial charge in [0.1, 0.15) is 11.4 Å². The van der Waals surface area contributed by atoms with Gasteiger partial charge in [-0.3, -0.25) is 0 Å². The Morgan fingerprint density at radius 3 is 1.70 bits per heavy atom. The highest BCUT2D eigenvalue weighted by atomic mass is 16.5. The lowest BCUT2D eigenvalue weighted by atomic mass is 10.1. The Hall–Kier alpha value is -3.54. The van der Waals surface area contributed by atoms with Crippen LogP contribution in [0.5, 0.6) is 5.75 Å². The summed E-state index contributed by atoms with van der Waals surface area (Å²) in [7, 11) is 1.64. The van der Waals surface area contributed by atoms with Crippen LogP contribution in [0.3, 0.4) is 0 Å². The molecule has 6 heteroatoms. The van der Waals surface area contributed by atoms with Gasteiger partial charge in [-0.1, -0.05) is 6.07 Å². The number of azo groups is 2. The van der Waals surface area contributed by atoms with Gasteiger partial charge in [0.25, 0.3) is 0 Å². The third-order valence-corrected chi connectivity index (χ3v) is 3.90. The fourth-order valence-corrected chi connectivity index (χ4v) is 2.63. The number of benzene rings is 3. The zero-order valence-corrected chi connectivity index (χ0v) is 15.5. The van der Waals surface area contributed by atoms with Crippen molar-refractivity contribution < 1.29 is 4.74 Å². The van der Waals surface area contributed by atoms with Crippen LogP contribution in [-0.2, 0) is 0 Å². The predicted molar refractivity (Wildman–Crippen MR) is 108 cm³/mol. The third-order valence-electron chi connectivity index (χ3n) is 3.90. The minimum atomic E-state index is 0.698. The van der Waals surface area contributed by atoms with E-state index in [0.717, 1.165) is 33.9 Å². The number of anilines is 1. The number of hydrogen-bond acceptors (Lipinski definition) is 6. The van der Waals surface area contributed by atoms with E-state index < -0.39 is 0 Å². The highest BCUT2D eigenvalue weighted by molar-refractivity contribution is 5.58. The summed E-state index contributed by atoms with van der Waals surface area (Å²) in [4.78, 5) is 0. The second kappa shape index (κ2) is 8.23. The Labute approximate surface area is 158 Å². The van der Waals surface area contributed by atoms with Crippen LogP contribution >= 0.6 is 0 Å². The Bertz CT molecular complexity index is 977. The van der Waals surface area contributed by atoms with E-state index in [4.69, 9.17) is 10.5 Å². The number of hydrogen-bond donors (Lipinski definition) is 1. The molecule has 0 bridgehead atoms. The molecule has 6 nitrogen and oxygen atoms in total. The molecule has 0 atom stereocenters. The van der Waals surface area contributed by atoms with Gasteiger partial charge in [0.05, 0.1) is 24.2 Å². The smallest absolute Gasteiger partial charge is 0.149 e. The molecule has 0 aliphatic heterocycles. The van der Waals surface area contributed by atoms with Crippen LogP contribution in [0.1, 0.15) is 11.1 Å². The summed E-state index contributed by atoms with van der Waals surface area (Å²) in [6.07, 6.45) is 0. The zero-order valence-electron chi connectivity index (χ0n) is 15.5. The minimum absolute atomic E-state index is 0.698. The lowest BCUT2D eigenvalue weighted by Crippen LogP contribution is -1.88. The van der Waals surface area contributed by atoms with Crippen LogP contribution in [-0.4, -0.2) is 7.11 Å². The number of rotatable bonds is 5. The minimum Gasteiger partial charge on any atom is -0.494 e. The van der Waals surface area contributed by atoms with Crippen molar-refractivity contribution in [3.05, 3.63) is 71.8 Å². The van der Waals surface area contributed by atoms with Crippen LogP contribution in [0.2, 0.25) is 0 Å². The van der Waals surface area contributed by atoms with E-state index in [0.29, 0.717) is 11.4 Å². The third kappa shape index (κ3) is 4.76. The number of nitrogens with zero attached hydrogens (tertiary/aromatic N) is 4. The largest absolute Gasteiger partial charge is 0.494 e. The van der Waals surface area contributed by atoms with Crippen LogP contribution in [0.4, 0.5) is 28.4 Å². The van der Waals surface area contributed by atoms with Crippen molar-refractivity contribution in [2.45, 2.75) is 13.8 Å². The van der Waals surface area contributed by atoms with E-state index in [1.165, 1.54) is 0 Å². The fraction of sp³-hybridized carbons (Fsp3) is 0.143. The first-order valence-electron chi connectivity index (χ1n) is 8.49. The molecule has 0 aliphatic rings. The second-order valence-corrected chi connectivity index (χ2v) is 6.14. The van der Waals surface area contributed by atoms with Gasteiger partial charge in [-0.15, -0.1) is 5.11 Å². The van der Waals surface area contributed by atoms with Crippen molar-refractivity contribution in [3.63, 3.8) is 0 Å². The summed E-state index contributed by atoms with van der Waals surface area (Å²) in [5.74, 6) is 0.735. The van der Waals surface area contributed by atoms with Gasteiger partial charge in [-0.2, -0.15) is 15.3 Å². The summed E-state index contributed by atoms with van der Waals surface area (Å²) < 4.78 is 5.43. The average molecular weight is 359 g/mol. The van der Waals surface area contributed by atoms with Crippen molar-refractivity contribution in [1.29, 1.82) is 0 Å². The summed E-state index contributed by atoms with van der Waals surface area (Å²) in [5.41, 5.74) is 11.4. The average Bonchev–Trinajstić information content (AvgIpc) is 2.66. The summed E-state index contributed by atoms with van der Waals surface area (Å²) in [5, 5.41) is 17.0. The van der Waals surface area contributed by atoms with E-state index in [9.17, 15) is 0 Å². The number of methoxy groups -OCH3 is 1. The standard InChI is InChI=1S/C21H21N5O/c1-14-12-15(2)21(27-3)20(13-14)26-25-19-10-8-18(9-11-19)24-23-17-6-4-16(22)5-7-17/h4-13H,22H2,1-3H3/b24-23?,26-25+. The first-order chi connectivity index (χ1) is 13.0. The van der Waals surface area contributed by atoms with Gasteiger partial charge in [0.15, 0.2) is 0 Å². The number of nitrogens with two attached hydrogens (primary N) is 1. The second-order valence-electron chi connectivity index (χ2n) is 6.14. The van der Waals surface area contributed by atoms with E-state index in [-0.39, 0.29) is 0 Å². The molecular formula is C21H21N5O. The molecule has 136 valence electrons. The van der Waals surface area contributed by atoms with Gasteiger partial charge in [0, 0.05) is 5.69 Å². The number of nitrogen functional groups attached to an aromatic ring is 1. The predicted octanol–water partition coefficient (Wildman–Crippen LogP) is 6.73. The van der Waals surface area contributed by atoms with Gasteiger partial charge < -0.3 is 10.5 Å². The molecule has 0 aromatic heterocycles. The number of ether oxygens (including phenoxy) is 1. The van der Waals surface area contributed by atoms with E-state index in [1.807, 2.05) is 56.3 Å². The van der Waals surface area contributed by atoms with Gasteiger partial charge in [-0.05, 0) is 79.6 Å². The molecule has 0 aliphatic carbocycles. The molecule has 2 N–H and O–H groups in total. The molecule has 0 radical (unpaired) electrons. The molecule has 3 rings (SSSR count). The molecule has 0 fully saturated rings. The van der Waals surface area contributed by atoms with Gasteiger partial charge >= 0.3 is 0 Å². The molecule has 0 unspecified atom stereocenters. The molecule has 3 aromatic rings. The Balaban J connectivity index is 1.74. The van der Waals surface area contributed by atoms with Crippen LogP contribution in [0, 0.1) is 13.8 Å². The molecule has 0 heterocycles. The van der Waals surface area contributed by atoms with Crippen molar-refractivity contribution >= 4 is 28.4 Å². The van der Waals surface area contributed by atoms with Crippen LogP contribution in [0.25, 0.3) is 0 Å². The van der Waals surface area contributed by atoms with Crippen molar-refractivity contribution in [2.24, 2.45) is 20.5 Å². The molecule has 0 saturated heterocycles. The van der Waals surface area contributed by atoms with Gasteiger partial charge in [0.2, 0.25) is 0 Å². The first-order valence-corrected chi connectivity index (χ1v) is 8.49. The Morgan fingerprint density at radius 1 is 0.704 bits per heavy atom. The summed E-state index contributed by atoms with van der Waals surface area (Å²) in [6.45, 7) is 4.01. The Kier molecular flexibility index (Phi) is 5.56. The zero-order chi connectivity index (χ0) is 19.2. The summed E-state index contributed by atoms with van der Waals surface area (Å²) in [6, 6.07) is 18.6. The monoisotopic (exact) mass is 359 g/mol. The SMILES string of the molecule is COc1c(C)cc(C)cc1/N=N/c1ccc(N=Nc2ccc(N)cc2)cc1. The lowest BCUT2D eigenvalue weighted by Gasteiger charge is -2.08. The van der Waals surface area contributed by atoms with Gasteiger partial charge in [-0.25, -0.2) is 0 Å². The van der Waals surface area contributed by atoms with Crippen molar-refractivity contribution in [1.82, 2.24) is 0 Å². The normalized spacial score (nSPS) is 11.4. The molecule has 0 saturated carbocycles. The fourth-order valence-electron chi connectivity index (χ4n) is 2.63. The van der Waals surface area contributed by atoms with Crippen molar-refractivity contribution in [3.8, 4) is 5.75 Å². The first kappa shape index (κ1) is 18.3. The van der Waals surface area contributed by atoms with E-state index in [2.05, 4.69) is 26.5 Å². The van der Waals surface area contributed by atoms with E-state index in [1.54, 1.807) is 19.2 Å². The van der Waals surface area contributed by atoms with E-state index >= 15 is 0 Å². The maximum absolute atomic E-state index is 5.66. The summed E-state index contributed by atoms with van der Waals surface area (Å²) >= 11 is 0. The Morgan fingerprint density at radius 2 is 1.19 bits per heavy atom. The molecule has 27 heavy (non-hydrogen) atoms. The quantitative estimate of drug-likeness (QED) is 0.405. The molecule has 3 aromatic carbocycles. The maximum Gasteiger partial charge on any atom is 0.149 e. The molecular weight excluding hydrogens is 338 g/mol.